The van der Waals surface area contributed by atoms with Crippen molar-refractivity contribution < 1.29 is 4.79 Å². The van der Waals surface area contributed by atoms with Gasteiger partial charge in [0.1, 0.15) is 6.54 Å². The first kappa shape index (κ1) is 19.3. The van der Waals surface area contributed by atoms with Crippen LogP contribution in [-0.4, -0.2) is 32.8 Å². The molecule has 0 spiro atoms. The van der Waals surface area contributed by atoms with Gasteiger partial charge in [-0.3, -0.25) is 19.9 Å². The van der Waals surface area contributed by atoms with Gasteiger partial charge in [-0.1, -0.05) is 12.1 Å². The number of rotatable bonds is 5. The molecule has 0 fully saturated rings. The van der Waals surface area contributed by atoms with Crippen molar-refractivity contribution in [1.29, 1.82) is 5.26 Å². The molecule has 0 saturated carbocycles. The van der Waals surface area contributed by atoms with Crippen LogP contribution in [0.2, 0.25) is 0 Å². The lowest BCUT2D eigenvalue weighted by atomic mass is 9.86. The minimum Gasteiger partial charge on any atom is -0.368 e. The quantitative estimate of drug-likeness (QED) is 0.699. The van der Waals surface area contributed by atoms with Gasteiger partial charge in [0.25, 0.3) is 0 Å². The summed E-state index contributed by atoms with van der Waals surface area (Å²) in [6.07, 6.45) is 9.12. The van der Waals surface area contributed by atoms with E-state index in [0.717, 1.165) is 16.7 Å². The number of anilines is 1. The minimum absolute atomic E-state index is 0.0879. The average Bonchev–Trinajstić information content (AvgIpc) is 3.33. The Morgan fingerprint density at radius 1 is 1.37 bits per heavy atom. The molecule has 2 aromatic rings. The van der Waals surface area contributed by atoms with E-state index < -0.39 is 5.41 Å². The maximum Gasteiger partial charge on any atom is 0.246 e. The van der Waals surface area contributed by atoms with E-state index in [0.29, 0.717) is 11.6 Å². The fourth-order valence-corrected chi connectivity index (χ4v) is 3.23. The number of nitriles is 1. The van der Waals surface area contributed by atoms with Gasteiger partial charge in [-0.15, -0.1) is 0 Å². The molecule has 0 saturated heterocycles. The van der Waals surface area contributed by atoms with E-state index in [9.17, 15) is 10.1 Å². The number of hydrogen-bond acceptors (Lipinski definition) is 7. The number of guanidine groups is 1. The van der Waals surface area contributed by atoms with Crippen LogP contribution in [0.1, 0.15) is 25.0 Å². The number of aromatic nitrogens is 2. The van der Waals surface area contributed by atoms with Gasteiger partial charge in [-0.2, -0.15) is 10.4 Å². The van der Waals surface area contributed by atoms with Crippen molar-refractivity contribution in [3.63, 3.8) is 0 Å². The molecule has 3 heterocycles. The first-order valence-electron chi connectivity index (χ1n) is 9.47. The van der Waals surface area contributed by atoms with Crippen LogP contribution in [0.4, 0.5) is 5.69 Å². The van der Waals surface area contributed by atoms with E-state index in [4.69, 9.17) is 5.73 Å². The van der Waals surface area contributed by atoms with Gasteiger partial charge < -0.3 is 11.1 Å². The van der Waals surface area contributed by atoms with Crippen LogP contribution in [0.15, 0.2) is 60.0 Å². The molecular formula is C21H22N8O. The lowest BCUT2D eigenvalue weighted by molar-refractivity contribution is -0.116. The molecule has 1 aromatic carbocycles. The molecule has 4 rings (SSSR count). The second-order valence-electron chi connectivity index (χ2n) is 7.67. The highest BCUT2D eigenvalue weighted by atomic mass is 16.2. The lowest BCUT2D eigenvalue weighted by Crippen LogP contribution is -2.39. The molecule has 0 radical (unpaired) electrons. The predicted octanol–water partition coefficient (Wildman–Crippen LogP) is 1.69. The second-order valence-corrected chi connectivity index (χ2v) is 7.67. The number of nitrogens with two attached hydrogens (primary N) is 1. The number of nitrogens with zero attached hydrogens (tertiary/aromatic N) is 5. The zero-order chi connectivity index (χ0) is 21.3. The lowest BCUT2D eigenvalue weighted by Gasteiger charge is -2.22. The van der Waals surface area contributed by atoms with Crippen LogP contribution in [-0.2, 0) is 16.8 Å². The van der Waals surface area contributed by atoms with Gasteiger partial charge in [0.2, 0.25) is 11.9 Å². The Balaban J connectivity index is 1.38. The highest BCUT2D eigenvalue weighted by Gasteiger charge is 2.23. The Morgan fingerprint density at radius 2 is 2.13 bits per heavy atom. The van der Waals surface area contributed by atoms with Gasteiger partial charge >= 0.3 is 0 Å². The molecule has 2 aliphatic heterocycles. The molecule has 0 bridgehead atoms. The van der Waals surface area contributed by atoms with Gasteiger partial charge in [0.05, 0.1) is 17.7 Å². The SMILES string of the molecule is CC(C)(C#N)c1ccc(NC(=O)Cn2cc(C3=CC4N=C(N)NN4C=C3)cn2)cc1. The Hall–Kier alpha value is -4.06. The van der Waals surface area contributed by atoms with Crippen LogP contribution >= 0.6 is 0 Å². The molecule has 152 valence electrons. The Morgan fingerprint density at radius 3 is 2.87 bits per heavy atom. The fraction of sp³-hybridized carbons (Fsp3) is 0.238. The molecule has 1 amide bonds. The summed E-state index contributed by atoms with van der Waals surface area (Å²) in [4.78, 5) is 16.7. The maximum absolute atomic E-state index is 12.4. The number of fused-ring (bicyclic) bond motifs is 1. The molecule has 9 nitrogen and oxygen atoms in total. The van der Waals surface area contributed by atoms with E-state index in [1.54, 1.807) is 28.0 Å². The van der Waals surface area contributed by atoms with Crippen LogP contribution in [0, 0.1) is 11.3 Å². The summed E-state index contributed by atoms with van der Waals surface area (Å²) in [6, 6.07) is 9.56. The third kappa shape index (κ3) is 3.89. The van der Waals surface area contributed by atoms with Gasteiger partial charge in [-0.25, -0.2) is 4.99 Å². The van der Waals surface area contributed by atoms with E-state index in [1.807, 2.05) is 50.5 Å². The summed E-state index contributed by atoms with van der Waals surface area (Å²) in [5, 5.41) is 18.2. The Labute approximate surface area is 174 Å². The number of allylic oxidation sites excluding steroid dienone is 2. The van der Waals surface area contributed by atoms with Crippen LogP contribution < -0.4 is 16.5 Å². The number of benzene rings is 1. The number of aliphatic imine (C=N–C) groups is 1. The number of amides is 1. The second kappa shape index (κ2) is 7.40. The summed E-state index contributed by atoms with van der Waals surface area (Å²) in [7, 11) is 0. The highest BCUT2D eigenvalue weighted by molar-refractivity contribution is 5.90. The van der Waals surface area contributed by atoms with E-state index in [-0.39, 0.29) is 18.6 Å². The normalized spacial score (nSPS) is 17.5. The van der Waals surface area contributed by atoms with E-state index in [2.05, 4.69) is 26.9 Å². The summed E-state index contributed by atoms with van der Waals surface area (Å²) in [5.41, 5.74) is 11.5. The van der Waals surface area contributed by atoms with Gasteiger partial charge in [0.15, 0.2) is 6.17 Å². The molecule has 9 heteroatoms. The third-order valence-electron chi connectivity index (χ3n) is 4.99. The van der Waals surface area contributed by atoms with Crippen molar-refractivity contribution in [3.8, 4) is 6.07 Å². The number of carbonyl (C=O) groups is 1. The van der Waals surface area contributed by atoms with Crippen LogP contribution in [0.3, 0.4) is 0 Å². The molecule has 2 aliphatic rings. The predicted molar refractivity (Wildman–Crippen MR) is 113 cm³/mol. The molecule has 1 aromatic heterocycles. The summed E-state index contributed by atoms with van der Waals surface area (Å²) < 4.78 is 1.59. The zero-order valence-electron chi connectivity index (χ0n) is 16.7. The molecule has 30 heavy (non-hydrogen) atoms. The maximum atomic E-state index is 12.4. The number of hydrogen-bond donors (Lipinski definition) is 3. The van der Waals surface area contributed by atoms with Gasteiger partial charge in [-0.05, 0) is 49.3 Å². The van der Waals surface area contributed by atoms with Crippen molar-refractivity contribution in [2.45, 2.75) is 32.0 Å². The first-order valence-corrected chi connectivity index (χ1v) is 9.47. The number of nitrogens with one attached hydrogen (secondary N) is 2. The molecular weight excluding hydrogens is 380 g/mol. The van der Waals surface area contributed by atoms with Crippen molar-refractivity contribution in [1.82, 2.24) is 20.2 Å². The Kier molecular flexibility index (Phi) is 4.75. The topological polar surface area (TPSA) is 124 Å². The summed E-state index contributed by atoms with van der Waals surface area (Å²) in [5.74, 6) is 0.187. The largest absolute Gasteiger partial charge is 0.368 e. The number of carbonyl (C=O) groups excluding carboxylic acids is 1. The standard InChI is InChI=1S/C21H22N8O/c1-21(2,13-22)16-3-5-17(6-4-16)25-19(30)12-28-11-15(10-24-28)14-7-8-29-18(9-14)26-20(23)27-29/h3-11,18H,12H2,1-2H3,(H,25,30)(H3,23,26,27). The van der Waals surface area contributed by atoms with E-state index >= 15 is 0 Å². The third-order valence-corrected chi connectivity index (χ3v) is 4.99. The highest BCUT2D eigenvalue weighted by Crippen LogP contribution is 2.25. The number of hydrazine groups is 1. The van der Waals surface area contributed by atoms with Crippen molar-refractivity contribution in [2.24, 2.45) is 10.7 Å². The first-order chi connectivity index (χ1) is 14.3. The summed E-state index contributed by atoms with van der Waals surface area (Å²) in [6.45, 7) is 3.80. The average molecular weight is 402 g/mol. The zero-order valence-corrected chi connectivity index (χ0v) is 16.7. The monoisotopic (exact) mass is 402 g/mol. The molecule has 1 unspecified atom stereocenters. The van der Waals surface area contributed by atoms with Crippen molar-refractivity contribution in [2.75, 3.05) is 5.32 Å². The van der Waals surface area contributed by atoms with E-state index in [1.165, 1.54) is 0 Å². The minimum atomic E-state index is -0.571. The Bertz CT molecular complexity index is 1100. The fourth-order valence-electron chi connectivity index (χ4n) is 3.23. The van der Waals surface area contributed by atoms with Crippen molar-refractivity contribution >= 4 is 23.1 Å². The van der Waals surface area contributed by atoms with Crippen LogP contribution in [0.25, 0.3) is 5.57 Å². The summed E-state index contributed by atoms with van der Waals surface area (Å²) >= 11 is 0. The molecule has 0 aliphatic carbocycles. The van der Waals surface area contributed by atoms with Crippen molar-refractivity contribution in [3.05, 3.63) is 66.1 Å². The van der Waals surface area contributed by atoms with Crippen LogP contribution in [0.5, 0.6) is 0 Å². The van der Waals surface area contributed by atoms with Gasteiger partial charge in [0, 0.05) is 23.6 Å². The molecule has 1 atom stereocenters. The molecule has 4 N–H and O–H groups in total. The smallest absolute Gasteiger partial charge is 0.246 e.